The summed E-state index contributed by atoms with van der Waals surface area (Å²) < 4.78 is 0. The van der Waals surface area contributed by atoms with Gasteiger partial charge in [0.25, 0.3) is 0 Å². The van der Waals surface area contributed by atoms with E-state index in [2.05, 4.69) is 11.0 Å². The van der Waals surface area contributed by atoms with E-state index in [0.29, 0.717) is 5.92 Å². The van der Waals surface area contributed by atoms with E-state index in [9.17, 15) is 4.79 Å². The standard InChI is InChI=1S/C15H21NO2/c1-12-4-5-15(14(9-12)11-18)16-7-2-3-13(10-16)6-8-17/h4-5,9,11,13,17H,2-3,6-8,10H2,1H3. The number of rotatable bonds is 4. The van der Waals surface area contributed by atoms with E-state index in [1.165, 1.54) is 6.42 Å². The maximum atomic E-state index is 11.2. The van der Waals surface area contributed by atoms with Gasteiger partial charge in [0.2, 0.25) is 0 Å². The normalized spacial score (nSPS) is 19.9. The molecule has 1 saturated heterocycles. The van der Waals surface area contributed by atoms with Gasteiger partial charge in [0.15, 0.2) is 6.29 Å². The van der Waals surface area contributed by atoms with E-state index in [4.69, 9.17) is 5.11 Å². The topological polar surface area (TPSA) is 40.5 Å². The summed E-state index contributed by atoms with van der Waals surface area (Å²) in [6.45, 7) is 4.21. The molecule has 0 aliphatic carbocycles. The van der Waals surface area contributed by atoms with Crippen LogP contribution in [0.15, 0.2) is 18.2 Å². The Morgan fingerprint density at radius 2 is 2.33 bits per heavy atom. The maximum absolute atomic E-state index is 11.2. The first-order chi connectivity index (χ1) is 8.74. The molecule has 1 unspecified atom stereocenters. The molecule has 0 amide bonds. The van der Waals surface area contributed by atoms with Crippen LogP contribution in [0.2, 0.25) is 0 Å². The summed E-state index contributed by atoms with van der Waals surface area (Å²) in [5, 5.41) is 9.04. The zero-order valence-corrected chi connectivity index (χ0v) is 10.9. The van der Waals surface area contributed by atoms with Gasteiger partial charge in [-0.2, -0.15) is 0 Å². The first kappa shape index (κ1) is 13.1. The predicted molar refractivity (Wildman–Crippen MR) is 73.2 cm³/mol. The first-order valence-corrected chi connectivity index (χ1v) is 6.66. The lowest BCUT2D eigenvalue weighted by atomic mass is 9.94. The van der Waals surface area contributed by atoms with E-state index < -0.39 is 0 Å². The van der Waals surface area contributed by atoms with E-state index in [-0.39, 0.29) is 6.61 Å². The molecule has 1 aromatic rings. The Kier molecular flexibility index (Phi) is 4.37. The maximum Gasteiger partial charge on any atom is 0.152 e. The molecule has 1 atom stereocenters. The Hall–Kier alpha value is -1.35. The number of hydrogen-bond donors (Lipinski definition) is 1. The summed E-state index contributed by atoms with van der Waals surface area (Å²) in [5.41, 5.74) is 2.93. The van der Waals surface area contributed by atoms with Crippen LogP contribution in [0.3, 0.4) is 0 Å². The lowest BCUT2D eigenvalue weighted by Gasteiger charge is -2.35. The van der Waals surface area contributed by atoms with Gasteiger partial charge < -0.3 is 10.0 Å². The summed E-state index contributed by atoms with van der Waals surface area (Å²) in [6, 6.07) is 6.04. The van der Waals surface area contributed by atoms with Gasteiger partial charge in [0, 0.05) is 30.9 Å². The molecule has 98 valence electrons. The highest BCUT2D eigenvalue weighted by molar-refractivity contribution is 5.85. The van der Waals surface area contributed by atoms with Gasteiger partial charge in [0.05, 0.1) is 0 Å². The molecule has 3 heteroatoms. The van der Waals surface area contributed by atoms with Crippen molar-refractivity contribution in [3.05, 3.63) is 29.3 Å². The van der Waals surface area contributed by atoms with Crippen LogP contribution in [-0.2, 0) is 0 Å². The molecule has 1 fully saturated rings. The van der Waals surface area contributed by atoms with Crippen molar-refractivity contribution in [2.75, 3.05) is 24.6 Å². The van der Waals surface area contributed by atoms with Crippen molar-refractivity contribution in [1.82, 2.24) is 0 Å². The fraction of sp³-hybridized carbons (Fsp3) is 0.533. The highest BCUT2D eigenvalue weighted by Crippen LogP contribution is 2.27. The van der Waals surface area contributed by atoms with Crippen molar-refractivity contribution >= 4 is 12.0 Å². The van der Waals surface area contributed by atoms with Crippen LogP contribution in [0.5, 0.6) is 0 Å². The van der Waals surface area contributed by atoms with Crippen LogP contribution in [0.25, 0.3) is 0 Å². The SMILES string of the molecule is Cc1ccc(N2CCCC(CCO)C2)c(C=O)c1. The number of aliphatic hydroxyl groups is 1. The average Bonchev–Trinajstić information content (AvgIpc) is 2.39. The highest BCUT2D eigenvalue weighted by atomic mass is 16.3. The second-order valence-corrected chi connectivity index (χ2v) is 5.15. The van der Waals surface area contributed by atoms with Crippen molar-refractivity contribution in [3.63, 3.8) is 0 Å². The zero-order chi connectivity index (χ0) is 13.0. The molecule has 1 aromatic carbocycles. The van der Waals surface area contributed by atoms with Gasteiger partial charge in [-0.05, 0) is 44.2 Å². The van der Waals surface area contributed by atoms with E-state index in [0.717, 1.165) is 49.0 Å². The van der Waals surface area contributed by atoms with Crippen LogP contribution in [0, 0.1) is 12.8 Å². The van der Waals surface area contributed by atoms with E-state index >= 15 is 0 Å². The fourth-order valence-corrected chi connectivity index (χ4v) is 2.76. The number of hydrogen-bond acceptors (Lipinski definition) is 3. The van der Waals surface area contributed by atoms with Gasteiger partial charge in [-0.3, -0.25) is 4.79 Å². The van der Waals surface area contributed by atoms with Gasteiger partial charge >= 0.3 is 0 Å². The molecule has 3 nitrogen and oxygen atoms in total. The fourth-order valence-electron chi connectivity index (χ4n) is 2.76. The molecule has 0 saturated carbocycles. The van der Waals surface area contributed by atoms with E-state index in [1.807, 2.05) is 19.1 Å². The summed E-state index contributed by atoms with van der Waals surface area (Å²) in [5.74, 6) is 0.546. The number of anilines is 1. The molecule has 1 heterocycles. The number of aldehydes is 1. The Bertz CT molecular complexity index is 415. The van der Waals surface area contributed by atoms with Crippen LogP contribution in [0.1, 0.15) is 35.2 Å². The summed E-state index contributed by atoms with van der Waals surface area (Å²) in [4.78, 5) is 13.4. The second kappa shape index (κ2) is 6.01. The van der Waals surface area contributed by atoms with Crippen molar-refractivity contribution in [1.29, 1.82) is 0 Å². The van der Waals surface area contributed by atoms with Crippen molar-refractivity contribution in [3.8, 4) is 0 Å². The quantitative estimate of drug-likeness (QED) is 0.831. The molecule has 0 aromatic heterocycles. The monoisotopic (exact) mass is 247 g/mol. The number of aliphatic hydroxyl groups excluding tert-OH is 1. The third-order valence-electron chi connectivity index (χ3n) is 3.71. The molecular formula is C15H21NO2. The molecule has 0 spiro atoms. The lowest BCUT2D eigenvalue weighted by molar-refractivity contribution is 0.112. The van der Waals surface area contributed by atoms with Crippen LogP contribution < -0.4 is 4.90 Å². The van der Waals surface area contributed by atoms with Gasteiger partial charge in [-0.1, -0.05) is 11.6 Å². The molecule has 18 heavy (non-hydrogen) atoms. The Morgan fingerprint density at radius 1 is 1.50 bits per heavy atom. The van der Waals surface area contributed by atoms with Crippen molar-refractivity contribution in [2.45, 2.75) is 26.2 Å². The second-order valence-electron chi connectivity index (χ2n) is 5.15. The minimum atomic E-state index is 0.257. The third-order valence-corrected chi connectivity index (χ3v) is 3.71. The summed E-state index contributed by atoms with van der Waals surface area (Å²) in [7, 11) is 0. The van der Waals surface area contributed by atoms with Gasteiger partial charge in [-0.25, -0.2) is 0 Å². The largest absolute Gasteiger partial charge is 0.396 e. The molecule has 0 radical (unpaired) electrons. The van der Waals surface area contributed by atoms with Gasteiger partial charge in [0.1, 0.15) is 0 Å². The minimum Gasteiger partial charge on any atom is -0.396 e. The summed E-state index contributed by atoms with van der Waals surface area (Å²) >= 11 is 0. The van der Waals surface area contributed by atoms with Crippen LogP contribution in [0.4, 0.5) is 5.69 Å². The number of benzene rings is 1. The number of carbonyl (C=O) groups excluding carboxylic acids is 1. The molecule has 1 aliphatic rings. The number of carbonyl (C=O) groups is 1. The first-order valence-electron chi connectivity index (χ1n) is 6.66. The van der Waals surface area contributed by atoms with E-state index in [1.54, 1.807) is 0 Å². The summed E-state index contributed by atoms with van der Waals surface area (Å²) in [6.07, 6.45) is 4.12. The Balaban J connectivity index is 2.17. The molecule has 1 N–H and O–H groups in total. The number of piperidine rings is 1. The molecule has 0 bridgehead atoms. The zero-order valence-electron chi connectivity index (χ0n) is 10.9. The minimum absolute atomic E-state index is 0.257. The number of aryl methyl sites for hydroxylation is 1. The molecule has 2 rings (SSSR count). The Labute approximate surface area is 108 Å². The Morgan fingerprint density at radius 3 is 3.06 bits per heavy atom. The van der Waals surface area contributed by atoms with Crippen molar-refractivity contribution < 1.29 is 9.90 Å². The molecular weight excluding hydrogens is 226 g/mol. The van der Waals surface area contributed by atoms with Crippen molar-refractivity contribution in [2.24, 2.45) is 5.92 Å². The lowest BCUT2D eigenvalue weighted by Crippen LogP contribution is -2.36. The molecule has 1 aliphatic heterocycles. The number of nitrogens with zero attached hydrogens (tertiary/aromatic N) is 1. The predicted octanol–water partition coefficient (Wildman–Crippen LogP) is 2.41. The van der Waals surface area contributed by atoms with Gasteiger partial charge in [-0.15, -0.1) is 0 Å². The van der Waals surface area contributed by atoms with Crippen LogP contribution in [-0.4, -0.2) is 31.1 Å². The average molecular weight is 247 g/mol. The highest BCUT2D eigenvalue weighted by Gasteiger charge is 2.21. The van der Waals surface area contributed by atoms with Crippen LogP contribution >= 0.6 is 0 Å². The smallest absolute Gasteiger partial charge is 0.152 e. The third kappa shape index (κ3) is 2.91.